The number of hydrogen-bond acceptors (Lipinski definition) is 5. The summed E-state index contributed by atoms with van der Waals surface area (Å²) in [5.74, 6) is 1.29. The van der Waals surface area contributed by atoms with E-state index in [1.54, 1.807) is 14.1 Å². The number of benzene rings is 1. The first-order valence-corrected chi connectivity index (χ1v) is 6.37. The molecule has 102 valence electrons. The van der Waals surface area contributed by atoms with Gasteiger partial charge in [0.15, 0.2) is 0 Å². The molecular formula is C15H17N5. The number of hydrogen-bond donors (Lipinski definition) is 3. The lowest BCUT2D eigenvalue weighted by molar-refractivity contribution is 1.10. The third kappa shape index (κ3) is 2.98. The van der Waals surface area contributed by atoms with Crippen LogP contribution in [0.15, 0.2) is 36.4 Å². The Morgan fingerprint density at radius 2 is 1.90 bits per heavy atom. The number of nitrogens with one attached hydrogen (secondary N) is 3. The molecule has 0 atom stereocenters. The topological polar surface area (TPSA) is 72.8 Å². The average Bonchev–Trinajstić information content (AvgIpc) is 2.52. The molecule has 0 spiro atoms. The maximum Gasteiger partial charge on any atom is 0.148 e. The first kappa shape index (κ1) is 13.7. The predicted octanol–water partition coefficient (Wildman–Crippen LogP) is 2.65. The third-order valence-electron chi connectivity index (χ3n) is 2.96. The van der Waals surface area contributed by atoms with Crippen molar-refractivity contribution in [2.75, 3.05) is 30.0 Å². The number of aromatic nitrogens is 1. The maximum absolute atomic E-state index is 9.30. The normalized spacial score (nSPS) is 9.65. The number of anilines is 3. The molecule has 1 heterocycles. The molecule has 0 aliphatic carbocycles. The molecule has 0 saturated heterocycles. The van der Waals surface area contributed by atoms with E-state index in [1.807, 2.05) is 36.4 Å². The predicted molar refractivity (Wildman–Crippen MR) is 81.8 cm³/mol. The molecule has 20 heavy (non-hydrogen) atoms. The highest BCUT2D eigenvalue weighted by Gasteiger charge is 2.11. The Kier molecular flexibility index (Phi) is 4.40. The van der Waals surface area contributed by atoms with Crippen LogP contribution in [0.1, 0.15) is 11.1 Å². The second-order valence-electron chi connectivity index (χ2n) is 4.23. The van der Waals surface area contributed by atoms with Crippen LogP contribution in [-0.2, 0) is 6.54 Å². The molecule has 1 aromatic heterocycles. The van der Waals surface area contributed by atoms with Crippen LogP contribution in [0.5, 0.6) is 0 Å². The molecule has 0 aliphatic heterocycles. The zero-order valence-corrected chi connectivity index (χ0v) is 11.6. The summed E-state index contributed by atoms with van der Waals surface area (Å²) >= 11 is 0. The molecule has 0 bridgehead atoms. The molecule has 0 aliphatic rings. The van der Waals surface area contributed by atoms with Crippen molar-refractivity contribution in [1.29, 1.82) is 5.26 Å². The fourth-order valence-electron chi connectivity index (χ4n) is 1.89. The minimum absolute atomic E-state index is 0.516. The zero-order valence-electron chi connectivity index (χ0n) is 11.6. The van der Waals surface area contributed by atoms with Crippen LogP contribution in [-0.4, -0.2) is 19.1 Å². The standard InChI is InChI=1S/C15H17N5/c1-17-13-8-14(18-2)20-15(12(13)9-16)19-10-11-6-4-3-5-7-11/h3-8H,10H2,1-2H3,(H3,17,18,19,20). The van der Waals surface area contributed by atoms with Gasteiger partial charge in [0.2, 0.25) is 0 Å². The van der Waals surface area contributed by atoms with E-state index in [0.29, 0.717) is 23.7 Å². The Morgan fingerprint density at radius 3 is 2.50 bits per heavy atom. The van der Waals surface area contributed by atoms with Crippen molar-refractivity contribution in [2.24, 2.45) is 0 Å². The number of nitrogens with zero attached hydrogens (tertiary/aromatic N) is 2. The van der Waals surface area contributed by atoms with Crippen molar-refractivity contribution in [3.05, 3.63) is 47.5 Å². The highest BCUT2D eigenvalue weighted by Crippen LogP contribution is 2.25. The van der Waals surface area contributed by atoms with Crippen LogP contribution in [0.4, 0.5) is 17.3 Å². The lowest BCUT2D eigenvalue weighted by Gasteiger charge is -2.13. The minimum atomic E-state index is 0.516. The summed E-state index contributed by atoms with van der Waals surface area (Å²) in [4.78, 5) is 4.40. The fourth-order valence-corrected chi connectivity index (χ4v) is 1.89. The first-order chi connectivity index (χ1) is 9.78. The van der Waals surface area contributed by atoms with Gasteiger partial charge in [-0.15, -0.1) is 0 Å². The summed E-state index contributed by atoms with van der Waals surface area (Å²) in [6, 6.07) is 14.0. The summed E-state index contributed by atoms with van der Waals surface area (Å²) in [5.41, 5.74) is 2.41. The molecule has 2 rings (SSSR count). The molecule has 0 unspecified atom stereocenters. The maximum atomic E-state index is 9.30. The number of nitriles is 1. The van der Waals surface area contributed by atoms with E-state index in [0.717, 1.165) is 11.3 Å². The van der Waals surface area contributed by atoms with Crippen LogP contribution in [0.3, 0.4) is 0 Å². The van der Waals surface area contributed by atoms with E-state index in [4.69, 9.17) is 0 Å². The molecule has 2 aromatic rings. The van der Waals surface area contributed by atoms with E-state index in [2.05, 4.69) is 27.0 Å². The molecule has 5 heteroatoms. The number of pyridine rings is 1. The molecule has 5 nitrogen and oxygen atoms in total. The Hall–Kier alpha value is -2.74. The summed E-state index contributed by atoms with van der Waals surface area (Å²) in [6.45, 7) is 0.624. The second-order valence-corrected chi connectivity index (χ2v) is 4.23. The van der Waals surface area contributed by atoms with Crippen LogP contribution < -0.4 is 16.0 Å². The van der Waals surface area contributed by atoms with Gasteiger partial charge >= 0.3 is 0 Å². The van der Waals surface area contributed by atoms with Crippen molar-refractivity contribution in [3.63, 3.8) is 0 Å². The van der Waals surface area contributed by atoms with Gasteiger partial charge in [-0.1, -0.05) is 30.3 Å². The summed E-state index contributed by atoms with van der Waals surface area (Å²) in [5, 5.41) is 18.5. The third-order valence-corrected chi connectivity index (χ3v) is 2.96. The van der Waals surface area contributed by atoms with Crippen LogP contribution in [0.25, 0.3) is 0 Å². The second kappa shape index (κ2) is 6.43. The van der Waals surface area contributed by atoms with Crippen molar-refractivity contribution in [1.82, 2.24) is 4.98 Å². The Labute approximate surface area is 118 Å². The fraction of sp³-hybridized carbons (Fsp3) is 0.200. The minimum Gasteiger partial charge on any atom is -0.387 e. The zero-order chi connectivity index (χ0) is 14.4. The molecule has 0 fully saturated rings. The Morgan fingerprint density at radius 1 is 1.15 bits per heavy atom. The van der Waals surface area contributed by atoms with Crippen LogP contribution >= 0.6 is 0 Å². The quantitative estimate of drug-likeness (QED) is 0.776. The molecule has 0 amide bonds. The monoisotopic (exact) mass is 267 g/mol. The van der Waals surface area contributed by atoms with E-state index in [9.17, 15) is 5.26 Å². The summed E-state index contributed by atoms with van der Waals surface area (Å²) in [7, 11) is 3.59. The highest BCUT2D eigenvalue weighted by atomic mass is 15.1. The van der Waals surface area contributed by atoms with E-state index in [-0.39, 0.29) is 0 Å². The van der Waals surface area contributed by atoms with E-state index in [1.165, 1.54) is 0 Å². The van der Waals surface area contributed by atoms with Gasteiger partial charge in [-0.05, 0) is 5.56 Å². The van der Waals surface area contributed by atoms with Gasteiger partial charge in [0, 0.05) is 26.7 Å². The van der Waals surface area contributed by atoms with Gasteiger partial charge in [-0.3, -0.25) is 0 Å². The van der Waals surface area contributed by atoms with Gasteiger partial charge < -0.3 is 16.0 Å². The van der Waals surface area contributed by atoms with Gasteiger partial charge in [-0.2, -0.15) is 5.26 Å². The van der Waals surface area contributed by atoms with Crippen molar-refractivity contribution in [2.45, 2.75) is 6.54 Å². The SMILES string of the molecule is CNc1cc(NC)c(C#N)c(NCc2ccccc2)n1. The lowest BCUT2D eigenvalue weighted by atomic mass is 10.2. The Bertz CT molecular complexity index is 616. The molecule has 3 N–H and O–H groups in total. The van der Waals surface area contributed by atoms with Gasteiger partial charge in [0.05, 0.1) is 5.69 Å². The highest BCUT2D eigenvalue weighted by molar-refractivity contribution is 5.71. The largest absolute Gasteiger partial charge is 0.387 e. The average molecular weight is 267 g/mol. The van der Waals surface area contributed by atoms with Crippen LogP contribution in [0.2, 0.25) is 0 Å². The van der Waals surface area contributed by atoms with Gasteiger partial charge in [0.25, 0.3) is 0 Å². The van der Waals surface area contributed by atoms with Crippen molar-refractivity contribution < 1.29 is 0 Å². The summed E-state index contributed by atoms with van der Waals surface area (Å²) in [6.07, 6.45) is 0. The van der Waals surface area contributed by atoms with E-state index < -0.39 is 0 Å². The van der Waals surface area contributed by atoms with Gasteiger partial charge in [-0.25, -0.2) is 4.98 Å². The molecule has 0 saturated carbocycles. The van der Waals surface area contributed by atoms with Gasteiger partial charge in [0.1, 0.15) is 23.3 Å². The first-order valence-electron chi connectivity index (χ1n) is 6.37. The van der Waals surface area contributed by atoms with Crippen molar-refractivity contribution >= 4 is 17.3 Å². The molecule has 1 aromatic carbocycles. The molecular weight excluding hydrogens is 250 g/mol. The summed E-state index contributed by atoms with van der Waals surface area (Å²) < 4.78 is 0. The van der Waals surface area contributed by atoms with Crippen LogP contribution in [0, 0.1) is 11.3 Å². The van der Waals surface area contributed by atoms with Crippen molar-refractivity contribution in [3.8, 4) is 6.07 Å². The smallest absolute Gasteiger partial charge is 0.148 e. The lowest BCUT2D eigenvalue weighted by Crippen LogP contribution is -2.07. The molecule has 0 radical (unpaired) electrons. The number of rotatable bonds is 5. The van der Waals surface area contributed by atoms with E-state index >= 15 is 0 Å². The Balaban J connectivity index is 2.28.